The Morgan fingerprint density at radius 2 is 2.24 bits per heavy atom. The van der Waals surface area contributed by atoms with Crippen molar-refractivity contribution in [3.63, 3.8) is 0 Å². The van der Waals surface area contributed by atoms with E-state index in [1.807, 2.05) is 29.6 Å². The highest BCUT2D eigenvalue weighted by atomic mass is 32.1. The molecular weight excluding hydrogens is 284 g/mol. The number of rotatable bonds is 8. The fourth-order valence-electron chi connectivity index (χ4n) is 2.18. The monoisotopic (exact) mass is 306 g/mol. The molecule has 0 aromatic carbocycles. The largest absolute Gasteiger partial charge is 0.467 e. The lowest BCUT2D eigenvalue weighted by molar-refractivity contribution is -0.134. The average Bonchev–Trinajstić information content (AvgIpc) is 3.16. The maximum atomic E-state index is 12.6. The first-order valence-electron chi connectivity index (χ1n) is 7.29. The first-order chi connectivity index (χ1) is 10.2. The van der Waals surface area contributed by atoms with Crippen LogP contribution in [-0.2, 0) is 17.9 Å². The van der Waals surface area contributed by atoms with Gasteiger partial charge in [-0.15, -0.1) is 11.3 Å². The summed E-state index contributed by atoms with van der Waals surface area (Å²) in [6.45, 7) is 3.14. The zero-order valence-corrected chi connectivity index (χ0v) is 13.1. The number of thiophene rings is 1. The molecule has 1 atom stereocenters. The van der Waals surface area contributed by atoms with Crippen molar-refractivity contribution >= 4 is 17.2 Å². The van der Waals surface area contributed by atoms with E-state index in [1.165, 1.54) is 0 Å². The minimum atomic E-state index is -0.431. The zero-order valence-electron chi connectivity index (χ0n) is 12.3. The number of hydrogen-bond donors (Lipinski definition) is 1. The number of hydrogen-bond acceptors (Lipinski definition) is 4. The van der Waals surface area contributed by atoms with E-state index in [-0.39, 0.29) is 5.91 Å². The van der Waals surface area contributed by atoms with Gasteiger partial charge < -0.3 is 15.1 Å². The van der Waals surface area contributed by atoms with Gasteiger partial charge in [0.2, 0.25) is 5.91 Å². The molecule has 0 saturated carbocycles. The molecule has 2 rings (SSSR count). The third-order valence-corrected chi connectivity index (χ3v) is 4.21. The number of furan rings is 1. The van der Waals surface area contributed by atoms with Gasteiger partial charge in [0.25, 0.3) is 0 Å². The highest BCUT2D eigenvalue weighted by Gasteiger charge is 2.22. The van der Waals surface area contributed by atoms with Crippen LogP contribution in [0.3, 0.4) is 0 Å². The Balaban J connectivity index is 2.04. The average molecular weight is 306 g/mol. The van der Waals surface area contributed by atoms with Crippen LogP contribution in [0, 0.1) is 0 Å². The number of amides is 1. The van der Waals surface area contributed by atoms with Gasteiger partial charge in [-0.05, 0) is 30.0 Å². The molecule has 21 heavy (non-hydrogen) atoms. The zero-order chi connectivity index (χ0) is 15.1. The number of unbranched alkanes of at least 4 members (excludes halogenated alkanes) is 1. The van der Waals surface area contributed by atoms with Gasteiger partial charge in [-0.1, -0.05) is 25.8 Å². The quantitative estimate of drug-likeness (QED) is 0.813. The number of nitrogens with two attached hydrogens (primary N) is 1. The van der Waals surface area contributed by atoms with Crippen LogP contribution in [0.2, 0.25) is 0 Å². The number of nitrogens with zero attached hydrogens (tertiary/aromatic N) is 1. The predicted molar refractivity (Wildman–Crippen MR) is 84.8 cm³/mol. The van der Waals surface area contributed by atoms with E-state index in [2.05, 4.69) is 6.92 Å². The molecule has 0 bridgehead atoms. The predicted octanol–water partition coefficient (Wildman–Crippen LogP) is 3.39. The summed E-state index contributed by atoms with van der Waals surface area (Å²) in [5, 5.41) is 2.02. The van der Waals surface area contributed by atoms with Crippen molar-refractivity contribution in [2.45, 2.75) is 45.3 Å². The van der Waals surface area contributed by atoms with Crippen molar-refractivity contribution in [3.05, 3.63) is 46.5 Å². The molecule has 2 aromatic rings. The molecule has 0 aliphatic carbocycles. The summed E-state index contributed by atoms with van der Waals surface area (Å²) >= 11 is 1.65. The van der Waals surface area contributed by atoms with Crippen molar-refractivity contribution in [3.8, 4) is 0 Å². The molecule has 0 radical (unpaired) electrons. The summed E-state index contributed by atoms with van der Waals surface area (Å²) in [5.74, 6) is 0.774. The van der Waals surface area contributed by atoms with E-state index in [4.69, 9.17) is 10.2 Å². The van der Waals surface area contributed by atoms with Gasteiger partial charge in [0.15, 0.2) is 0 Å². The van der Waals surface area contributed by atoms with Crippen molar-refractivity contribution < 1.29 is 9.21 Å². The van der Waals surface area contributed by atoms with Crippen LogP contribution in [0.1, 0.15) is 36.8 Å². The molecular formula is C16H22N2O2S. The Morgan fingerprint density at radius 1 is 1.38 bits per heavy atom. The highest BCUT2D eigenvalue weighted by Crippen LogP contribution is 2.16. The van der Waals surface area contributed by atoms with Gasteiger partial charge in [0.05, 0.1) is 25.4 Å². The molecule has 0 spiro atoms. The standard InChI is InChI=1S/C16H22N2O2S/c1-2-3-8-15(17)16(19)18(11-13-6-4-9-20-13)12-14-7-5-10-21-14/h4-7,9-10,15H,2-3,8,11-12,17H2,1H3. The van der Waals surface area contributed by atoms with E-state index >= 15 is 0 Å². The molecule has 2 N–H and O–H groups in total. The van der Waals surface area contributed by atoms with Crippen molar-refractivity contribution in [2.75, 3.05) is 0 Å². The maximum Gasteiger partial charge on any atom is 0.240 e. The first-order valence-corrected chi connectivity index (χ1v) is 8.17. The van der Waals surface area contributed by atoms with Crippen LogP contribution < -0.4 is 5.73 Å². The van der Waals surface area contributed by atoms with Crippen molar-refractivity contribution in [1.29, 1.82) is 0 Å². The van der Waals surface area contributed by atoms with Crippen molar-refractivity contribution in [1.82, 2.24) is 4.90 Å². The van der Waals surface area contributed by atoms with E-state index in [0.29, 0.717) is 13.1 Å². The summed E-state index contributed by atoms with van der Waals surface area (Å²) in [4.78, 5) is 15.5. The SMILES string of the molecule is CCCCC(N)C(=O)N(Cc1ccco1)Cc1cccs1. The maximum absolute atomic E-state index is 12.6. The topological polar surface area (TPSA) is 59.5 Å². The second kappa shape index (κ2) is 8.00. The number of carbonyl (C=O) groups is 1. The molecule has 5 heteroatoms. The third-order valence-electron chi connectivity index (χ3n) is 3.35. The van der Waals surface area contributed by atoms with Crippen LogP contribution >= 0.6 is 11.3 Å². The lowest BCUT2D eigenvalue weighted by atomic mass is 10.1. The molecule has 4 nitrogen and oxygen atoms in total. The first kappa shape index (κ1) is 15.8. The lowest BCUT2D eigenvalue weighted by Crippen LogP contribution is -2.42. The van der Waals surface area contributed by atoms with Gasteiger partial charge in [0.1, 0.15) is 5.76 Å². The van der Waals surface area contributed by atoms with E-state index in [1.54, 1.807) is 22.5 Å². The summed E-state index contributed by atoms with van der Waals surface area (Å²) < 4.78 is 5.36. The van der Waals surface area contributed by atoms with Crippen LogP contribution in [-0.4, -0.2) is 16.8 Å². The Bertz CT molecular complexity index is 486. The summed E-state index contributed by atoms with van der Waals surface area (Å²) in [6, 6.07) is 7.31. The van der Waals surface area contributed by atoms with Gasteiger partial charge >= 0.3 is 0 Å². The van der Waals surface area contributed by atoms with E-state index in [0.717, 1.165) is 29.9 Å². The lowest BCUT2D eigenvalue weighted by Gasteiger charge is -2.24. The Morgan fingerprint density at radius 3 is 2.86 bits per heavy atom. The molecule has 0 aliphatic heterocycles. The molecule has 0 aliphatic rings. The molecule has 2 heterocycles. The molecule has 1 amide bonds. The van der Waals surface area contributed by atoms with Crippen LogP contribution in [0.5, 0.6) is 0 Å². The normalized spacial score (nSPS) is 12.3. The molecule has 2 aromatic heterocycles. The fourth-order valence-corrected chi connectivity index (χ4v) is 2.89. The van der Waals surface area contributed by atoms with Gasteiger partial charge in [-0.3, -0.25) is 4.79 Å². The van der Waals surface area contributed by atoms with Gasteiger partial charge in [0, 0.05) is 4.88 Å². The van der Waals surface area contributed by atoms with Crippen LogP contribution in [0.4, 0.5) is 0 Å². The van der Waals surface area contributed by atoms with Gasteiger partial charge in [-0.2, -0.15) is 0 Å². The van der Waals surface area contributed by atoms with Gasteiger partial charge in [-0.25, -0.2) is 0 Å². The number of carbonyl (C=O) groups excluding carboxylic acids is 1. The Labute approximate surface area is 129 Å². The molecule has 114 valence electrons. The second-order valence-electron chi connectivity index (χ2n) is 5.10. The minimum Gasteiger partial charge on any atom is -0.467 e. The van der Waals surface area contributed by atoms with E-state index < -0.39 is 6.04 Å². The minimum absolute atomic E-state index is 0.00625. The highest BCUT2D eigenvalue weighted by molar-refractivity contribution is 7.09. The Kier molecular flexibility index (Phi) is 6.02. The smallest absolute Gasteiger partial charge is 0.240 e. The summed E-state index contributed by atoms with van der Waals surface area (Å²) in [7, 11) is 0. The van der Waals surface area contributed by atoms with Crippen LogP contribution in [0.15, 0.2) is 40.3 Å². The van der Waals surface area contributed by atoms with Crippen molar-refractivity contribution in [2.24, 2.45) is 5.73 Å². The molecule has 1 unspecified atom stereocenters. The Hall–Kier alpha value is -1.59. The second-order valence-corrected chi connectivity index (χ2v) is 6.13. The summed E-state index contributed by atoms with van der Waals surface area (Å²) in [5.41, 5.74) is 6.04. The third kappa shape index (κ3) is 4.72. The fraction of sp³-hybridized carbons (Fsp3) is 0.438. The van der Waals surface area contributed by atoms with E-state index in [9.17, 15) is 4.79 Å². The molecule has 0 fully saturated rings. The summed E-state index contributed by atoms with van der Waals surface area (Å²) in [6.07, 6.45) is 4.37. The van der Waals surface area contributed by atoms with Crippen LogP contribution in [0.25, 0.3) is 0 Å². The molecule has 0 saturated heterocycles.